The Hall–Kier alpha value is -0.273. The fraction of sp³-hybridized carbons (Fsp3) is 0.737. The molecule has 1 aromatic heterocycles. The summed E-state index contributed by atoms with van der Waals surface area (Å²) in [6, 6.07) is 3.00. The van der Waals surface area contributed by atoms with Crippen LogP contribution in [-0.2, 0) is 4.43 Å². The SMILES string of the molecule is CC[Si](CC)(CC)OC(CNCC1(C)CC(F)(F)C1)c1c(Cl)cncc1Cl. The van der Waals surface area contributed by atoms with Crippen molar-refractivity contribution in [3.8, 4) is 0 Å². The van der Waals surface area contributed by atoms with Gasteiger partial charge in [0.15, 0.2) is 8.32 Å². The molecule has 0 aromatic carbocycles. The maximum absolute atomic E-state index is 13.3. The molecule has 0 aliphatic heterocycles. The molecule has 3 nitrogen and oxygen atoms in total. The van der Waals surface area contributed by atoms with Crippen LogP contribution in [0.3, 0.4) is 0 Å². The molecule has 1 aromatic rings. The second-order valence-electron chi connectivity index (χ2n) is 8.02. The molecule has 1 N–H and O–H groups in total. The van der Waals surface area contributed by atoms with Gasteiger partial charge in [0, 0.05) is 43.9 Å². The quantitative estimate of drug-likeness (QED) is 0.424. The van der Waals surface area contributed by atoms with E-state index in [-0.39, 0.29) is 24.4 Å². The lowest BCUT2D eigenvalue weighted by atomic mass is 9.67. The van der Waals surface area contributed by atoms with E-state index in [1.165, 1.54) is 0 Å². The van der Waals surface area contributed by atoms with Gasteiger partial charge in [-0.1, -0.05) is 50.9 Å². The molecule has 0 spiro atoms. The van der Waals surface area contributed by atoms with Crippen LogP contribution in [0.2, 0.25) is 28.2 Å². The van der Waals surface area contributed by atoms with Crippen molar-refractivity contribution in [2.24, 2.45) is 5.41 Å². The lowest BCUT2D eigenvalue weighted by Crippen LogP contribution is -2.50. The Kier molecular flexibility index (Phi) is 7.70. The third-order valence-electron chi connectivity index (χ3n) is 5.79. The van der Waals surface area contributed by atoms with Crippen molar-refractivity contribution in [3.05, 3.63) is 28.0 Å². The van der Waals surface area contributed by atoms with Crippen LogP contribution in [0.4, 0.5) is 8.78 Å². The van der Waals surface area contributed by atoms with Crippen molar-refractivity contribution in [2.45, 2.75) is 70.7 Å². The van der Waals surface area contributed by atoms with Gasteiger partial charge in [0.2, 0.25) is 5.92 Å². The molecule has 1 saturated carbocycles. The summed E-state index contributed by atoms with van der Waals surface area (Å²) in [4.78, 5) is 4.03. The highest BCUT2D eigenvalue weighted by atomic mass is 35.5. The second-order valence-corrected chi connectivity index (χ2v) is 13.6. The van der Waals surface area contributed by atoms with E-state index in [4.69, 9.17) is 27.6 Å². The van der Waals surface area contributed by atoms with E-state index in [0.717, 1.165) is 23.7 Å². The van der Waals surface area contributed by atoms with Gasteiger partial charge in [-0.2, -0.15) is 0 Å². The van der Waals surface area contributed by atoms with Crippen LogP contribution in [0.1, 0.15) is 52.2 Å². The standard InChI is InChI=1S/C19H30Cl2F2N2OSi/c1-5-27(6-2,7-3)26-16(17-14(20)8-24-9-15(17)21)10-25-13-18(4)11-19(22,23)12-18/h8-9,16,25H,5-7,10-13H2,1-4H3. The summed E-state index contributed by atoms with van der Waals surface area (Å²) in [6.07, 6.45) is 2.67. The highest BCUT2D eigenvalue weighted by Crippen LogP contribution is 2.51. The summed E-state index contributed by atoms with van der Waals surface area (Å²) < 4.78 is 33.2. The van der Waals surface area contributed by atoms with Crippen molar-refractivity contribution >= 4 is 31.5 Å². The number of nitrogens with one attached hydrogen (secondary N) is 1. The molecule has 1 aliphatic rings. The molecule has 154 valence electrons. The average Bonchev–Trinajstić information content (AvgIpc) is 2.57. The maximum Gasteiger partial charge on any atom is 0.249 e. The number of hydrogen-bond donors (Lipinski definition) is 1. The second kappa shape index (κ2) is 9.03. The molecular formula is C19H30Cl2F2N2OSi. The summed E-state index contributed by atoms with van der Waals surface area (Å²) in [6.45, 7) is 9.38. The van der Waals surface area contributed by atoms with Crippen LogP contribution < -0.4 is 5.32 Å². The van der Waals surface area contributed by atoms with Crippen LogP contribution in [-0.4, -0.2) is 32.3 Å². The highest BCUT2D eigenvalue weighted by molar-refractivity contribution is 6.73. The molecule has 8 heteroatoms. The summed E-state index contributed by atoms with van der Waals surface area (Å²) in [5.41, 5.74) is 0.353. The van der Waals surface area contributed by atoms with Gasteiger partial charge in [-0.3, -0.25) is 4.98 Å². The number of aromatic nitrogens is 1. The van der Waals surface area contributed by atoms with Gasteiger partial charge >= 0.3 is 0 Å². The fourth-order valence-corrected chi connectivity index (χ4v) is 7.47. The minimum absolute atomic E-state index is 0.0765. The monoisotopic (exact) mass is 438 g/mol. The Morgan fingerprint density at radius 3 is 2.11 bits per heavy atom. The Balaban J connectivity index is 2.15. The number of pyridine rings is 1. The van der Waals surface area contributed by atoms with E-state index in [0.29, 0.717) is 23.1 Å². The maximum atomic E-state index is 13.3. The van der Waals surface area contributed by atoms with Crippen LogP contribution in [0, 0.1) is 5.41 Å². The molecule has 0 radical (unpaired) electrons. The van der Waals surface area contributed by atoms with Crippen LogP contribution in [0.25, 0.3) is 0 Å². The molecule has 1 unspecified atom stereocenters. The van der Waals surface area contributed by atoms with Crippen molar-refractivity contribution in [1.29, 1.82) is 0 Å². The van der Waals surface area contributed by atoms with E-state index < -0.39 is 14.2 Å². The Morgan fingerprint density at radius 2 is 1.67 bits per heavy atom. The van der Waals surface area contributed by atoms with Gasteiger partial charge in [-0.15, -0.1) is 0 Å². The number of halogens is 4. The third-order valence-corrected chi connectivity index (χ3v) is 11.0. The number of nitrogens with zero attached hydrogens (tertiary/aromatic N) is 1. The van der Waals surface area contributed by atoms with E-state index in [9.17, 15) is 8.78 Å². The zero-order valence-electron chi connectivity index (χ0n) is 16.5. The summed E-state index contributed by atoms with van der Waals surface area (Å²) in [7, 11) is -1.92. The molecular weight excluding hydrogens is 409 g/mol. The van der Waals surface area contributed by atoms with E-state index >= 15 is 0 Å². The van der Waals surface area contributed by atoms with Crippen molar-refractivity contribution in [2.75, 3.05) is 13.1 Å². The van der Waals surface area contributed by atoms with Crippen molar-refractivity contribution < 1.29 is 13.2 Å². The topological polar surface area (TPSA) is 34.1 Å². The minimum atomic E-state index is -2.53. The predicted octanol–water partition coefficient (Wildman–Crippen LogP) is 6.48. The van der Waals surface area contributed by atoms with Crippen molar-refractivity contribution in [1.82, 2.24) is 10.3 Å². The van der Waals surface area contributed by atoms with E-state index in [1.807, 2.05) is 6.92 Å². The third kappa shape index (κ3) is 5.63. The highest BCUT2D eigenvalue weighted by Gasteiger charge is 2.53. The van der Waals surface area contributed by atoms with Gasteiger partial charge in [0.1, 0.15) is 0 Å². The first-order valence-electron chi connectivity index (χ1n) is 9.64. The molecule has 27 heavy (non-hydrogen) atoms. The Labute approximate surface area is 172 Å². The number of alkyl halides is 2. The van der Waals surface area contributed by atoms with Gasteiger partial charge in [-0.05, 0) is 23.5 Å². The van der Waals surface area contributed by atoms with E-state index in [1.54, 1.807) is 12.4 Å². The van der Waals surface area contributed by atoms with Gasteiger partial charge in [0.05, 0.1) is 16.1 Å². The summed E-state index contributed by atoms with van der Waals surface area (Å²) in [5.74, 6) is -2.53. The largest absolute Gasteiger partial charge is 0.409 e. The normalized spacial score (nSPS) is 19.6. The minimum Gasteiger partial charge on any atom is -0.409 e. The summed E-state index contributed by atoms with van der Waals surface area (Å²) >= 11 is 12.8. The summed E-state index contributed by atoms with van der Waals surface area (Å²) in [5, 5.41) is 4.29. The van der Waals surface area contributed by atoms with Crippen LogP contribution in [0.5, 0.6) is 0 Å². The molecule has 1 aliphatic carbocycles. The van der Waals surface area contributed by atoms with Crippen molar-refractivity contribution in [3.63, 3.8) is 0 Å². The zero-order valence-corrected chi connectivity index (χ0v) is 19.1. The van der Waals surface area contributed by atoms with Crippen LogP contribution in [0.15, 0.2) is 12.4 Å². The molecule has 1 heterocycles. The molecule has 2 rings (SSSR count). The first kappa shape index (κ1) is 23.0. The smallest absolute Gasteiger partial charge is 0.249 e. The number of rotatable bonds is 10. The van der Waals surface area contributed by atoms with Gasteiger partial charge in [-0.25, -0.2) is 8.78 Å². The fourth-order valence-electron chi connectivity index (χ4n) is 4.06. The first-order valence-corrected chi connectivity index (χ1v) is 12.9. The molecule has 1 fully saturated rings. The first-order chi connectivity index (χ1) is 12.6. The van der Waals surface area contributed by atoms with E-state index in [2.05, 4.69) is 31.1 Å². The molecule has 0 bridgehead atoms. The zero-order chi connectivity index (χ0) is 20.3. The molecule has 1 atom stereocenters. The van der Waals surface area contributed by atoms with Gasteiger partial charge < -0.3 is 9.74 Å². The Bertz CT molecular complexity index is 608. The average molecular weight is 439 g/mol. The lowest BCUT2D eigenvalue weighted by Gasteiger charge is -2.45. The van der Waals surface area contributed by atoms with Crippen LogP contribution >= 0.6 is 23.2 Å². The van der Waals surface area contributed by atoms with Gasteiger partial charge in [0.25, 0.3) is 0 Å². The lowest BCUT2D eigenvalue weighted by molar-refractivity contribution is -0.152. The number of hydrogen-bond acceptors (Lipinski definition) is 3. The predicted molar refractivity (Wildman–Crippen MR) is 110 cm³/mol. The molecule has 0 saturated heterocycles. The Morgan fingerprint density at radius 1 is 1.15 bits per heavy atom. The molecule has 0 amide bonds.